The normalized spacial score (nSPS) is 11.0. The number of para-hydroxylation sites is 1. The Labute approximate surface area is 148 Å². The number of halogens is 3. The molecule has 0 aliphatic heterocycles. The SMILES string of the molecule is COc1cccc(OCCNC(=O)c2ccc(C(F)(F)F)cc2)c1OC. The van der Waals surface area contributed by atoms with Crippen molar-refractivity contribution in [2.45, 2.75) is 6.18 Å². The highest BCUT2D eigenvalue weighted by Crippen LogP contribution is 2.36. The minimum Gasteiger partial charge on any atom is -0.493 e. The van der Waals surface area contributed by atoms with Gasteiger partial charge in [0.15, 0.2) is 11.5 Å². The van der Waals surface area contributed by atoms with E-state index in [9.17, 15) is 18.0 Å². The quantitative estimate of drug-likeness (QED) is 0.759. The zero-order valence-electron chi connectivity index (χ0n) is 14.2. The molecule has 0 spiro atoms. The molecule has 2 aromatic rings. The van der Waals surface area contributed by atoms with Gasteiger partial charge in [0, 0.05) is 5.56 Å². The van der Waals surface area contributed by atoms with Gasteiger partial charge in [-0.25, -0.2) is 0 Å². The molecule has 0 bridgehead atoms. The van der Waals surface area contributed by atoms with Gasteiger partial charge < -0.3 is 19.5 Å². The maximum atomic E-state index is 12.5. The van der Waals surface area contributed by atoms with Crippen LogP contribution in [0.25, 0.3) is 0 Å². The number of hydrogen-bond donors (Lipinski definition) is 1. The van der Waals surface area contributed by atoms with Crippen LogP contribution in [0.3, 0.4) is 0 Å². The number of ether oxygens (including phenoxy) is 3. The summed E-state index contributed by atoms with van der Waals surface area (Å²) < 4.78 is 53.5. The molecule has 0 unspecified atom stereocenters. The molecule has 0 heterocycles. The molecule has 0 atom stereocenters. The molecular formula is C18H18F3NO4. The standard InChI is InChI=1S/C18H18F3NO4/c1-24-14-4-3-5-15(16(14)25-2)26-11-10-22-17(23)12-6-8-13(9-7-12)18(19,20)21/h3-9H,10-11H2,1-2H3,(H,22,23). The van der Waals surface area contributed by atoms with Crippen molar-refractivity contribution in [3.05, 3.63) is 53.6 Å². The Morgan fingerprint density at radius 2 is 1.65 bits per heavy atom. The van der Waals surface area contributed by atoms with Crippen LogP contribution in [0.15, 0.2) is 42.5 Å². The third-order valence-electron chi connectivity index (χ3n) is 3.49. The average Bonchev–Trinajstić information content (AvgIpc) is 2.64. The van der Waals surface area contributed by atoms with Crippen LogP contribution in [0.4, 0.5) is 13.2 Å². The minimum absolute atomic E-state index is 0.136. The first kappa shape index (κ1) is 19.4. The molecule has 8 heteroatoms. The number of hydrogen-bond acceptors (Lipinski definition) is 4. The van der Waals surface area contributed by atoms with Crippen molar-refractivity contribution in [2.24, 2.45) is 0 Å². The van der Waals surface area contributed by atoms with E-state index in [0.717, 1.165) is 24.3 Å². The van der Waals surface area contributed by atoms with Crippen LogP contribution < -0.4 is 19.5 Å². The number of alkyl halides is 3. The highest BCUT2D eigenvalue weighted by atomic mass is 19.4. The third-order valence-corrected chi connectivity index (χ3v) is 3.49. The van der Waals surface area contributed by atoms with Gasteiger partial charge in [0.2, 0.25) is 5.75 Å². The van der Waals surface area contributed by atoms with E-state index < -0.39 is 17.6 Å². The summed E-state index contributed by atoms with van der Waals surface area (Å²) >= 11 is 0. The lowest BCUT2D eigenvalue weighted by Gasteiger charge is -2.13. The third kappa shape index (κ3) is 4.81. The highest BCUT2D eigenvalue weighted by molar-refractivity contribution is 5.94. The van der Waals surface area contributed by atoms with E-state index in [0.29, 0.717) is 17.2 Å². The summed E-state index contributed by atoms with van der Waals surface area (Å²) in [6.45, 7) is 0.316. The fourth-order valence-electron chi connectivity index (χ4n) is 2.21. The zero-order valence-corrected chi connectivity index (χ0v) is 14.2. The van der Waals surface area contributed by atoms with E-state index in [-0.39, 0.29) is 18.7 Å². The Kier molecular flexibility index (Phi) is 6.32. The van der Waals surface area contributed by atoms with E-state index in [2.05, 4.69) is 5.32 Å². The van der Waals surface area contributed by atoms with Crippen molar-refractivity contribution in [1.82, 2.24) is 5.32 Å². The van der Waals surface area contributed by atoms with E-state index in [1.54, 1.807) is 18.2 Å². The second kappa shape index (κ2) is 8.46. The van der Waals surface area contributed by atoms with Gasteiger partial charge in [-0.05, 0) is 36.4 Å². The number of rotatable bonds is 7. The summed E-state index contributed by atoms with van der Waals surface area (Å²) in [7, 11) is 2.99. The van der Waals surface area contributed by atoms with Crippen LogP contribution in [0.2, 0.25) is 0 Å². The van der Waals surface area contributed by atoms with Gasteiger partial charge in [0.25, 0.3) is 5.91 Å². The maximum absolute atomic E-state index is 12.5. The smallest absolute Gasteiger partial charge is 0.416 e. The molecular weight excluding hydrogens is 351 g/mol. The number of benzene rings is 2. The van der Waals surface area contributed by atoms with Crippen LogP contribution in [0, 0.1) is 0 Å². The van der Waals surface area contributed by atoms with Gasteiger partial charge in [0.1, 0.15) is 6.61 Å². The molecule has 0 aliphatic rings. The van der Waals surface area contributed by atoms with Gasteiger partial charge in [-0.1, -0.05) is 6.07 Å². The summed E-state index contributed by atoms with van der Waals surface area (Å²) in [5.41, 5.74) is -0.667. The number of amides is 1. The molecule has 1 amide bonds. The lowest BCUT2D eigenvalue weighted by Crippen LogP contribution is -2.28. The first-order chi connectivity index (χ1) is 12.4. The van der Waals surface area contributed by atoms with Crippen LogP contribution >= 0.6 is 0 Å². The second-order valence-electron chi connectivity index (χ2n) is 5.17. The van der Waals surface area contributed by atoms with Crippen LogP contribution in [-0.2, 0) is 6.18 Å². The lowest BCUT2D eigenvalue weighted by atomic mass is 10.1. The summed E-state index contributed by atoms with van der Waals surface area (Å²) in [5, 5.41) is 2.58. The fraction of sp³-hybridized carbons (Fsp3) is 0.278. The van der Waals surface area contributed by atoms with E-state index in [4.69, 9.17) is 14.2 Å². The molecule has 0 saturated carbocycles. The van der Waals surface area contributed by atoms with Crippen LogP contribution in [-0.4, -0.2) is 33.3 Å². The van der Waals surface area contributed by atoms with Gasteiger partial charge in [-0.2, -0.15) is 13.2 Å². The number of carbonyl (C=O) groups excluding carboxylic acids is 1. The summed E-state index contributed by atoms with van der Waals surface area (Å²) in [6.07, 6.45) is -4.43. The van der Waals surface area contributed by atoms with E-state index in [1.807, 2.05) is 0 Å². The van der Waals surface area contributed by atoms with Crippen molar-refractivity contribution < 1.29 is 32.2 Å². The van der Waals surface area contributed by atoms with Crippen molar-refractivity contribution >= 4 is 5.91 Å². The van der Waals surface area contributed by atoms with Crippen molar-refractivity contribution in [2.75, 3.05) is 27.4 Å². The van der Waals surface area contributed by atoms with Crippen molar-refractivity contribution in [1.29, 1.82) is 0 Å². The van der Waals surface area contributed by atoms with Crippen LogP contribution in [0.1, 0.15) is 15.9 Å². The minimum atomic E-state index is -4.43. The van der Waals surface area contributed by atoms with E-state index in [1.165, 1.54) is 14.2 Å². The highest BCUT2D eigenvalue weighted by Gasteiger charge is 2.30. The Balaban J connectivity index is 1.87. The summed E-state index contributed by atoms with van der Waals surface area (Å²) in [6, 6.07) is 9.14. The largest absolute Gasteiger partial charge is 0.493 e. The van der Waals surface area contributed by atoms with Gasteiger partial charge >= 0.3 is 6.18 Å². The molecule has 2 rings (SSSR count). The van der Waals surface area contributed by atoms with E-state index >= 15 is 0 Å². The van der Waals surface area contributed by atoms with Gasteiger partial charge in [-0.3, -0.25) is 4.79 Å². The first-order valence-electron chi connectivity index (χ1n) is 7.66. The Morgan fingerprint density at radius 3 is 2.23 bits per heavy atom. The predicted octanol–water partition coefficient (Wildman–Crippen LogP) is 3.53. The molecule has 26 heavy (non-hydrogen) atoms. The van der Waals surface area contributed by atoms with Crippen molar-refractivity contribution in [3.63, 3.8) is 0 Å². The molecule has 0 aromatic heterocycles. The van der Waals surface area contributed by atoms with Gasteiger partial charge in [0.05, 0.1) is 26.3 Å². The Bertz CT molecular complexity index is 745. The molecule has 140 valence electrons. The Morgan fingerprint density at radius 1 is 1.00 bits per heavy atom. The molecule has 5 nitrogen and oxygen atoms in total. The summed E-state index contributed by atoms with van der Waals surface area (Å²) in [4.78, 5) is 11.9. The second-order valence-corrected chi connectivity index (χ2v) is 5.17. The van der Waals surface area contributed by atoms with Crippen LogP contribution in [0.5, 0.6) is 17.2 Å². The monoisotopic (exact) mass is 369 g/mol. The summed E-state index contributed by atoms with van der Waals surface area (Å²) in [5.74, 6) is 0.915. The molecule has 0 saturated heterocycles. The zero-order chi connectivity index (χ0) is 19.2. The topological polar surface area (TPSA) is 56.8 Å². The molecule has 0 aliphatic carbocycles. The Hall–Kier alpha value is -2.90. The molecule has 0 radical (unpaired) electrons. The average molecular weight is 369 g/mol. The molecule has 0 fully saturated rings. The maximum Gasteiger partial charge on any atom is 0.416 e. The number of nitrogens with one attached hydrogen (secondary N) is 1. The van der Waals surface area contributed by atoms with Crippen molar-refractivity contribution in [3.8, 4) is 17.2 Å². The lowest BCUT2D eigenvalue weighted by molar-refractivity contribution is -0.137. The fourth-order valence-corrected chi connectivity index (χ4v) is 2.21. The first-order valence-corrected chi connectivity index (χ1v) is 7.66. The van der Waals surface area contributed by atoms with Gasteiger partial charge in [-0.15, -0.1) is 0 Å². The predicted molar refractivity (Wildman–Crippen MR) is 88.8 cm³/mol. The number of methoxy groups -OCH3 is 2. The molecule has 2 aromatic carbocycles. The number of carbonyl (C=O) groups is 1. The molecule has 1 N–H and O–H groups in total.